The van der Waals surface area contributed by atoms with Crippen molar-refractivity contribution in [3.63, 3.8) is 0 Å². The van der Waals surface area contributed by atoms with E-state index in [1.807, 2.05) is 30.3 Å². The summed E-state index contributed by atoms with van der Waals surface area (Å²) in [6.07, 6.45) is -4.30. The molecular weight excluding hydrogens is 265 g/mol. The lowest BCUT2D eigenvalue weighted by molar-refractivity contribution is -0.137. The molecule has 0 aliphatic carbocycles. The summed E-state index contributed by atoms with van der Waals surface area (Å²) in [6, 6.07) is 14.7. The first-order valence-corrected chi connectivity index (χ1v) is 6.15. The molecule has 2 aromatic carbocycles. The molecule has 0 fully saturated rings. The van der Waals surface area contributed by atoms with E-state index < -0.39 is 11.7 Å². The van der Waals surface area contributed by atoms with Gasteiger partial charge >= 0.3 is 6.18 Å². The summed E-state index contributed by atoms with van der Waals surface area (Å²) < 4.78 is 37.3. The molecule has 2 nitrogen and oxygen atoms in total. The highest BCUT2D eigenvalue weighted by Crippen LogP contribution is 2.29. The quantitative estimate of drug-likeness (QED) is 0.685. The molecule has 106 valence electrons. The van der Waals surface area contributed by atoms with Crippen LogP contribution >= 0.6 is 0 Å². The van der Waals surface area contributed by atoms with E-state index in [0.717, 1.165) is 23.3 Å². The molecule has 20 heavy (non-hydrogen) atoms. The Kier molecular flexibility index (Phi) is 4.42. The van der Waals surface area contributed by atoms with Gasteiger partial charge in [-0.25, -0.2) is 5.01 Å². The van der Waals surface area contributed by atoms with E-state index in [1.54, 1.807) is 5.01 Å². The topological polar surface area (TPSA) is 29.3 Å². The fourth-order valence-corrected chi connectivity index (χ4v) is 1.91. The van der Waals surface area contributed by atoms with Gasteiger partial charge in [0.15, 0.2) is 0 Å². The average Bonchev–Trinajstić information content (AvgIpc) is 2.39. The van der Waals surface area contributed by atoms with E-state index in [-0.39, 0.29) is 0 Å². The Morgan fingerprint density at radius 1 is 0.800 bits per heavy atom. The number of hydrogen-bond donors (Lipinski definition) is 1. The first-order chi connectivity index (χ1) is 9.45. The number of nitrogens with two attached hydrogens (primary N) is 1. The van der Waals surface area contributed by atoms with Gasteiger partial charge in [0, 0.05) is 13.1 Å². The predicted octanol–water partition coefficient (Wildman–Crippen LogP) is 3.58. The molecule has 0 saturated carbocycles. The number of hydrazine groups is 1. The van der Waals surface area contributed by atoms with Gasteiger partial charge in [-0.2, -0.15) is 13.2 Å². The van der Waals surface area contributed by atoms with Crippen molar-refractivity contribution in [1.82, 2.24) is 5.01 Å². The van der Waals surface area contributed by atoms with Crippen LogP contribution in [0.15, 0.2) is 54.6 Å². The second-order valence-electron chi connectivity index (χ2n) is 4.59. The van der Waals surface area contributed by atoms with Crippen molar-refractivity contribution in [2.45, 2.75) is 19.3 Å². The predicted molar refractivity (Wildman–Crippen MR) is 71.3 cm³/mol. The van der Waals surface area contributed by atoms with Crippen molar-refractivity contribution >= 4 is 0 Å². The SMILES string of the molecule is NN(Cc1ccccc1)Cc1ccc(C(F)(F)F)cc1. The van der Waals surface area contributed by atoms with Crippen LogP contribution in [0, 0.1) is 0 Å². The zero-order valence-corrected chi connectivity index (χ0v) is 10.8. The van der Waals surface area contributed by atoms with Gasteiger partial charge in [0.2, 0.25) is 0 Å². The molecule has 0 bridgehead atoms. The first-order valence-electron chi connectivity index (χ1n) is 6.15. The van der Waals surface area contributed by atoms with Gasteiger partial charge in [-0.15, -0.1) is 0 Å². The Morgan fingerprint density at radius 3 is 1.80 bits per heavy atom. The van der Waals surface area contributed by atoms with Crippen LogP contribution in [0.3, 0.4) is 0 Å². The first kappa shape index (κ1) is 14.6. The molecule has 2 rings (SSSR count). The van der Waals surface area contributed by atoms with E-state index in [0.29, 0.717) is 13.1 Å². The van der Waals surface area contributed by atoms with Gasteiger partial charge < -0.3 is 0 Å². The molecule has 0 aliphatic heterocycles. The third kappa shape index (κ3) is 4.08. The normalized spacial score (nSPS) is 11.8. The minimum atomic E-state index is -4.30. The van der Waals surface area contributed by atoms with Gasteiger partial charge in [-0.05, 0) is 23.3 Å². The number of halogens is 3. The van der Waals surface area contributed by atoms with Gasteiger partial charge in [-0.1, -0.05) is 42.5 Å². The summed E-state index contributed by atoms with van der Waals surface area (Å²) >= 11 is 0. The van der Waals surface area contributed by atoms with Crippen LogP contribution in [-0.2, 0) is 19.3 Å². The number of rotatable bonds is 4. The molecule has 2 N–H and O–H groups in total. The molecule has 2 aromatic rings. The molecule has 0 aromatic heterocycles. The molecule has 0 heterocycles. The molecule has 0 spiro atoms. The maximum atomic E-state index is 12.4. The summed E-state index contributed by atoms with van der Waals surface area (Å²) in [5.74, 6) is 5.87. The lowest BCUT2D eigenvalue weighted by Crippen LogP contribution is -2.29. The fourth-order valence-electron chi connectivity index (χ4n) is 1.91. The van der Waals surface area contributed by atoms with Gasteiger partial charge in [0.1, 0.15) is 0 Å². The van der Waals surface area contributed by atoms with Crippen molar-refractivity contribution < 1.29 is 13.2 Å². The third-order valence-corrected chi connectivity index (χ3v) is 2.90. The number of benzene rings is 2. The minimum absolute atomic E-state index is 0.396. The lowest BCUT2D eigenvalue weighted by atomic mass is 10.1. The Labute approximate surface area is 115 Å². The van der Waals surface area contributed by atoms with Crippen molar-refractivity contribution in [3.8, 4) is 0 Å². The summed E-state index contributed by atoms with van der Waals surface area (Å²) in [5, 5.41) is 1.57. The Bertz CT molecular complexity index is 535. The summed E-state index contributed by atoms with van der Waals surface area (Å²) in [7, 11) is 0. The molecule has 0 aliphatic rings. The molecule has 0 radical (unpaired) electrons. The fraction of sp³-hybridized carbons (Fsp3) is 0.200. The van der Waals surface area contributed by atoms with Crippen molar-refractivity contribution in [3.05, 3.63) is 71.3 Å². The van der Waals surface area contributed by atoms with Crippen LogP contribution in [0.4, 0.5) is 13.2 Å². The largest absolute Gasteiger partial charge is 0.416 e. The smallest absolute Gasteiger partial charge is 0.268 e. The van der Waals surface area contributed by atoms with Crippen LogP contribution < -0.4 is 5.84 Å². The highest BCUT2D eigenvalue weighted by molar-refractivity contribution is 5.24. The molecule has 0 saturated heterocycles. The standard InChI is InChI=1S/C15H15F3N2/c16-15(17,18)14-8-6-13(7-9-14)11-20(19)10-12-4-2-1-3-5-12/h1-9H,10-11,19H2. The highest BCUT2D eigenvalue weighted by atomic mass is 19.4. The van der Waals surface area contributed by atoms with E-state index in [1.165, 1.54) is 12.1 Å². The van der Waals surface area contributed by atoms with Crippen LogP contribution in [0.5, 0.6) is 0 Å². The van der Waals surface area contributed by atoms with Crippen LogP contribution in [0.25, 0.3) is 0 Å². The second kappa shape index (κ2) is 6.07. The highest BCUT2D eigenvalue weighted by Gasteiger charge is 2.29. The molecule has 0 amide bonds. The Morgan fingerprint density at radius 2 is 1.30 bits per heavy atom. The average molecular weight is 280 g/mol. The zero-order valence-electron chi connectivity index (χ0n) is 10.8. The van der Waals surface area contributed by atoms with Crippen LogP contribution in [0.1, 0.15) is 16.7 Å². The minimum Gasteiger partial charge on any atom is -0.268 e. The van der Waals surface area contributed by atoms with Crippen LogP contribution in [-0.4, -0.2) is 5.01 Å². The van der Waals surface area contributed by atoms with Crippen molar-refractivity contribution in [2.24, 2.45) is 5.84 Å². The van der Waals surface area contributed by atoms with Gasteiger partial charge in [0.25, 0.3) is 0 Å². The summed E-state index contributed by atoms with van der Waals surface area (Å²) in [4.78, 5) is 0. The number of alkyl halides is 3. The summed E-state index contributed by atoms with van der Waals surface area (Å²) in [6.45, 7) is 0.939. The molecule has 0 unspecified atom stereocenters. The number of hydrogen-bond acceptors (Lipinski definition) is 2. The van der Waals surface area contributed by atoms with Crippen molar-refractivity contribution in [2.75, 3.05) is 0 Å². The van der Waals surface area contributed by atoms with E-state index >= 15 is 0 Å². The second-order valence-corrected chi connectivity index (χ2v) is 4.59. The maximum Gasteiger partial charge on any atom is 0.416 e. The van der Waals surface area contributed by atoms with Crippen molar-refractivity contribution in [1.29, 1.82) is 0 Å². The third-order valence-electron chi connectivity index (χ3n) is 2.90. The number of nitrogens with zero attached hydrogens (tertiary/aromatic N) is 1. The maximum absolute atomic E-state index is 12.4. The molecule has 5 heteroatoms. The van der Waals surface area contributed by atoms with Crippen LogP contribution in [0.2, 0.25) is 0 Å². The van der Waals surface area contributed by atoms with E-state index in [2.05, 4.69) is 0 Å². The molecular formula is C15H15F3N2. The Balaban J connectivity index is 1.96. The lowest BCUT2D eigenvalue weighted by Gasteiger charge is -2.17. The zero-order chi connectivity index (χ0) is 14.6. The molecule has 0 atom stereocenters. The van der Waals surface area contributed by atoms with Gasteiger partial charge in [0.05, 0.1) is 5.56 Å². The van der Waals surface area contributed by atoms with Gasteiger partial charge in [-0.3, -0.25) is 5.84 Å². The van der Waals surface area contributed by atoms with E-state index in [9.17, 15) is 13.2 Å². The monoisotopic (exact) mass is 280 g/mol. The summed E-state index contributed by atoms with van der Waals surface area (Å²) in [5.41, 5.74) is 1.16. The Hall–Kier alpha value is -1.85. The van der Waals surface area contributed by atoms with E-state index in [4.69, 9.17) is 5.84 Å².